The van der Waals surface area contributed by atoms with Gasteiger partial charge in [-0.3, -0.25) is 15.0 Å². The van der Waals surface area contributed by atoms with E-state index >= 15 is 0 Å². The van der Waals surface area contributed by atoms with Gasteiger partial charge in [0.05, 0.1) is 84.8 Å². The summed E-state index contributed by atoms with van der Waals surface area (Å²) < 4.78 is 14.1. The average molecular weight is 1580 g/mol. The second-order valence-electron chi connectivity index (χ2n) is 31.8. The molecule has 0 amide bonds. The number of hydrogen-bond acceptors (Lipinski definition) is 3. The Bertz CT molecular complexity index is 8650. The van der Waals surface area contributed by atoms with E-state index in [-0.39, 0.29) is 0 Å². The van der Waals surface area contributed by atoms with Crippen molar-refractivity contribution in [1.29, 1.82) is 0 Å². The van der Waals surface area contributed by atoms with Crippen molar-refractivity contribution >= 4 is 142 Å². The Kier molecular flexibility index (Phi) is 17.1. The summed E-state index contributed by atoms with van der Waals surface area (Å²) in [6, 6.07) is 150. The van der Waals surface area contributed by atoms with E-state index in [1.165, 1.54) is 181 Å². The highest BCUT2D eigenvalue weighted by Crippen LogP contribution is 2.46. The van der Waals surface area contributed by atoms with Crippen LogP contribution in [-0.2, 0) is 0 Å². The van der Waals surface area contributed by atoms with Gasteiger partial charge in [0.1, 0.15) is 0 Å². The minimum Gasteiger partial charge on any atom is -0.309 e. The summed E-state index contributed by atoms with van der Waals surface area (Å²) in [5.41, 5.74) is 30.8. The molecule has 0 bridgehead atoms. The first-order valence-electron chi connectivity index (χ1n) is 42.2. The van der Waals surface area contributed by atoms with Crippen LogP contribution in [0.25, 0.3) is 220 Å². The number of fused-ring (bicyclic) bond motifs is 19. The van der Waals surface area contributed by atoms with Crippen molar-refractivity contribution in [3.05, 3.63) is 456 Å². The van der Waals surface area contributed by atoms with E-state index in [1.54, 1.807) is 0 Å². The zero-order chi connectivity index (χ0) is 81.7. The zero-order valence-corrected chi connectivity index (χ0v) is 67.3. The Hall–Kier alpha value is -16.8. The van der Waals surface area contributed by atoms with Crippen LogP contribution >= 0.6 is 0 Å². The van der Waals surface area contributed by atoms with Gasteiger partial charge in [-0.15, -0.1) is 0 Å². The molecule has 124 heavy (non-hydrogen) atoms. The van der Waals surface area contributed by atoms with Gasteiger partial charge in [0.25, 0.3) is 0 Å². The molecule has 0 spiro atoms. The molecule has 0 N–H and O–H groups in total. The molecule has 0 aliphatic carbocycles. The van der Waals surface area contributed by atoms with Crippen molar-refractivity contribution in [2.45, 2.75) is 0 Å². The summed E-state index contributed by atoms with van der Waals surface area (Å²) in [5, 5.41) is 17.4. The predicted octanol–water partition coefficient (Wildman–Crippen LogP) is 29.6. The first kappa shape index (κ1) is 71.4. The molecule has 0 saturated heterocycles. The Labute approximate surface area is 713 Å². The number of benzene rings is 17. The molecule has 0 aliphatic heterocycles. The van der Waals surface area contributed by atoms with Crippen LogP contribution < -0.4 is 0 Å². The molecule has 0 saturated carbocycles. The van der Waals surface area contributed by atoms with Gasteiger partial charge < -0.3 is 27.4 Å². The zero-order valence-electron chi connectivity index (χ0n) is 67.3. The average Bonchev–Trinajstić information content (AvgIpc) is 1.58. The predicted molar refractivity (Wildman–Crippen MR) is 518 cm³/mol. The monoisotopic (exact) mass is 1580 g/mol. The van der Waals surface area contributed by atoms with E-state index in [0.29, 0.717) is 0 Å². The minimum absolute atomic E-state index is 1.11. The summed E-state index contributed by atoms with van der Waals surface area (Å²) >= 11 is 0. The molecule has 9 heterocycles. The number of aromatic nitrogens is 9. The second-order valence-corrected chi connectivity index (χ2v) is 31.8. The summed E-state index contributed by atoms with van der Waals surface area (Å²) in [6.07, 6.45) is 11.6. The number of hydrogen-bond donors (Lipinski definition) is 0. The van der Waals surface area contributed by atoms with Crippen LogP contribution in [0.1, 0.15) is 0 Å². The van der Waals surface area contributed by atoms with Gasteiger partial charge in [-0.25, -0.2) is 0 Å². The molecule has 26 aromatic rings. The lowest BCUT2D eigenvalue weighted by molar-refractivity contribution is 1.17. The van der Waals surface area contributed by atoms with Crippen LogP contribution in [-0.4, -0.2) is 42.4 Å². The second kappa shape index (κ2) is 29.6. The lowest BCUT2D eigenvalue weighted by Gasteiger charge is -2.10. The molecule has 26 rings (SSSR count). The fourth-order valence-electron chi connectivity index (χ4n) is 19.6. The molecule has 0 aliphatic rings. The third kappa shape index (κ3) is 11.7. The molecule has 9 nitrogen and oxygen atoms in total. The maximum absolute atomic E-state index is 4.50. The Morgan fingerprint density at radius 2 is 0.419 bits per heavy atom. The van der Waals surface area contributed by atoms with Crippen LogP contribution in [0.5, 0.6) is 0 Å². The van der Waals surface area contributed by atoms with Gasteiger partial charge in [-0.1, -0.05) is 255 Å². The quantitative estimate of drug-likeness (QED) is 0.137. The Morgan fingerprint density at radius 3 is 0.798 bits per heavy atom. The molecular formula is C115H75N9. The minimum atomic E-state index is 1.11. The van der Waals surface area contributed by atoms with Gasteiger partial charge in [0.15, 0.2) is 0 Å². The van der Waals surface area contributed by atoms with Gasteiger partial charge >= 0.3 is 0 Å². The van der Waals surface area contributed by atoms with Gasteiger partial charge in [0.2, 0.25) is 0 Å². The first-order chi connectivity index (χ1) is 61.6. The standard InChI is InChI=1S/C41H27N3.C39H25N3.C35H23N3/c1-3-10-28(11-4-1)29-18-21-32(22-19-29)43-37-16-8-7-14-34(37)36-26-30(20-23-38(36)43)33-15-9-17-39-41(33)35-24-25-42-27-40(35)44(39)31-12-5-2-6-13-31;1-2-11-29(12-3-1)41-37-16-8-14-31(39(37)33-21-22-40-25-38(33)41)28-18-20-36-34(24-28)32-13-6-7-15-35(32)42(36)30-19-17-26-9-4-5-10-27(26)23-30;1-3-10-25(11-4-1)37-31-16-8-7-14-28(31)30-22-24(18-19-32(30)37)27-15-9-17-33-35(27)29-20-21-36-23-34(29)38(33)26-12-5-2-6-13-26/h1-27H;1-25H;1-23H. The largest absolute Gasteiger partial charge is 0.309 e. The molecule has 9 aromatic heterocycles. The fourth-order valence-corrected chi connectivity index (χ4v) is 19.6. The third-order valence-corrected chi connectivity index (χ3v) is 25.0. The van der Waals surface area contributed by atoms with Crippen molar-refractivity contribution in [3.63, 3.8) is 0 Å². The van der Waals surface area contributed by atoms with Crippen LogP contribution in [0.4, 0.5) is 0 Å². The normalized spacial score (nSPS) is 11.7. The summed E-state index contributed by atoms with van der Waals surface area (Å²) in [4.78, 5) is 13.5. The SMILES string of the molecule is c1ccc(-c2ccc(-n3c4ccccc4c4cc(-c5cccc6c5c5ccncc5n6-c5ccccc5)ccc43)cc2)cc1.c1ccc(-n2c3ccccc3c3cc(-c4cccc5c4c4ccncc4n5-c4ccccc4)ccc32)cc1.c1ccc(-n2c3cnccc3c3c(-c4ccc5c(c4)c4ccccc4n5-c4ccc5ccccc5c4)cccc32)cc1. The molecule has 9 heteroatoms. The Morgan fingerprint density at radius 1 is 0.145 bits per heavy atom. The topological polar surface area (TPSA) is 68.2 Å². The van der Waals surface area contributed by atoms with Crippen molar-refractivity contribution < 1.29 is 0 Å². The van der Waals surface area contributed by atoms with Crippen LogP contribution in [0, 0.1) is 0 Å². The van der Waals surface area contributed by atoms with E-state index in [2.05, 4.69) is 461 Å². The van der Waals surface area contributed by atoms with E-state index in [4.69, 9.17) is 0 Å². The summed E-state index contributed by atoms with van der Waals surface area (Å²) in [6.45, 7) is 0. The van der Waals surface area contributed by atoms with Gasteiger partial charge in [-0.05, 0) is 219 Å². The highest BCUT2D eigenvalue weighted by Gasteiger charge is 2.24. The van der Waals surface area contributed by atoms with Crippen molar-refractivity contribution in [1.82, 2.24) is 42.4 Å². The molecule has 0 unspecified atom stereocenters. The number of pyridine rings is 3. The third-order valence-electron chi connectivity index (χ3n) is 25.0. The van der Waals surface area contributed by atoms with Gasteiger partial charge in [0, 0.05) is 117 Å². The Balaban J connectivity index is 0.000000105. The maximum Gasteiger partial charge on any atom is 0.0724 e. The van der Waals surface area contributed by atoms with Gasteiger partial charge in [-0.2, -0.15) is 0 Å². The maximum atomic E-state index is 4.50. The number of nitrogens with zero attached hydrogens (tertiary/aromatic N) is 9. The highest BCUT2D eigenvalue weighted by atomic mass is 15.0. The molecule has 0 fully saturated rings. The van der Waals surface area contributed by atoms with Crippen molar-refractivity contribution in [2.75, 3.05) is 0 Å². The van der Waals surface area contributed by atoms with Crippen LogP contribution in [0.2, 0.25) is 0 Å². The van der Waals surface area contributed by atoms with Crippen molar-refractivity contribution in [2.24, 2.45) is 0 Å². The fraction of sp³-hybridized carbons (Fsp3) is 0. The smallest absolute Gasteiger partial charge is 0.0724 e. The van der Waals surface area contributed by atoms with E-state index < -0.39 is 0 Å². The number of rotatable bonds is 10. The molecular weight excluding hydrogens is 1510 g/mol. The molecule has 0 radical (unpaired) electrons. The molecule has 580 valence electrons. The number of para-hydroxylation sites is 7. The lowest BCUT2D eigenvalue weighted by Crippen LogP contribution is -1.94. The van der Waals surface area contributed by atoms with E-state index in [0.717, 1.165) is 39.3 Å². The highest BCUT2D eigenvalue weighted by molar-refractivity contribution is 6.21. The molecule has 0 atom stereocenters. The summed E-state index contributed by atoms with van der Waals surface area (Å²) in [5.74, 6) is 0. The summed E-state index contributed by atoms with van der Waals surface area (Å²) in [7, 11) is 0. The molecule has 17 aromatic carbocycles. The van der Waals surface area contributed by atoms with Crippen LogP contribution in [0.15, 0.2) is 456 Å². The lowest BCUT2D eigenvalue weighted by atomic mass is 9.98. The van der Waals surface area contributed by atoms with E-state index in [1.807, 2.05) is 37.2 Å². The van der Waals surface area contributed by atoms with Crippen molar-refractivity contribution in [3.8, 4) is 78.6 Å². The first-order valence-corrected chi connectivity index (χ1v) is 42.2. The van der Waals surface area contributed by atoms with Crippen LogP contribution in [0.3, 0.4) is 0 Å². The van der Waals surface area contributed by atoms with E-state index in [9.17, 15) is 0 Å².